The summed E-state index contributed by atoms with van der Waals surface area (Å²) in [5.41, 5.74) is 13.0. The lowest BCUT2D eigenvalue weighted by atomic mass is 10.0. The van der Waals surface area contributed by atoms with Gasteiger partial charge in [0.1, 0.15) is 0 Å². The highest BCUT2D eigenvalue weighted by atomic mass is 14.7. The van der Waals surface area contributed by atoms with Crippen LogP contribution in [0, 0.1) is 0 Å². The zero-order valence-electron chi connectivity index (χ0n) is 9.52. The fraction of sp³-hybridized carbons (Fsp3) is 0.538. The molecule has 0 aliphatic heterocycles. The minimum Gasteiger partial charge on any atom is -0.328 e. The number of hydrogen-bond donors (Lipinski definition) is 2. The smallest absolute Gasteiger partial charge is 0.00535 e. The highest BCUT2D eigenvalue weighted by molar-refractivity contribution is 5.14. The van der Waals surface area contributed by atoms with Gasteiger partial charge in [-0.05, 0) is 38.2 Å². The minimum atomic E-state index is 0.219. The molecule has 0 aromatic heterocycles. The molecule has 0 amide bonds. The van der Waals surface area contributed by atoms with Crippen LogP contribution in [0.2, 0.25) is 0 Å². The second-order valence-electron chi connectivity index (χ2n) is 4.35. The van der Waals surface area contributed by atoms with Gasteiger partial charge < -0.3 is 11.5 Å². The van der Waals surface area contributed by atoms with Crippen LogP contribution in [0.4, 0.5) is 0 Å². The van der Waals surface area contributed by atoms with E-state index in [4.69, 9.17) is 11.5 Å². The molecule has 0 fully saturated rings. The molecule has 15 heavy (non-hydrogen) atoms. The second-order valence-corrected chi connectivity index (χ2v) is 4.35. The van der Waals surface area contributed by atoms with Gasteiger partial charge >= 0.3 is 0 Å². The Balaban J connectivity index is 2.16. The molecule has 0 bridgehead atoms. The molecule has 84 valence electrons. The Morgan fingerprint density at radius 3 is 2.40 bits per heavy atom. The first-order valence-corrected chi connectivity index (χ1v) is 5.73. The normalized spacial score (nSPS) is 14.9. The van der Waals surface area contributed by atoms with Crippen molar-refractivity contribution in [3.8, 4) is 0 Å². The van der Waals surface area contributed by atoms with Gasteiger partial charge in [-0.25, -0.2) is 0 Å². The Bertz CT molecular complexity index is 256. The molecular weight excluding hydrogens is 184 g/mol. The topological polar surface area (TPSA) is 52.0 Å². The molecule has 0 aliphatic carbocycles. The first-order valence-electron chi connectivity index (χ1n) is 5.73. The van der Waals surface area contributed by atoms with Crippen molar-refractivity contribution < 1.29 is 0 Å². The summed E-state index contributed by atoms with van der Waals surface area (Å²) in [5.74, 6) is 0. The van der Waals surface area contributed by atoms with Crippen LogP contribution in [0.25, 0.3) is 0 Å². The van der Waals surface area contributed by atoms with Crippen molar-refractivity contribution in [3.63, 3.8) is 0 Å². The Morgan fingerprint density at radius 2 is 1.80 bits per heavy atom. The maximum absolute atomic E-state index is 5.96. The summed E-state index contributed by atoms with van der Waals surface area (Å²) in [7, 11) is 0. The van der Waals surface area contributed by atoms with Crippen LogP contribution < -0.4 is 11.5 Å². The van der Waals surface area contributed by atoms with Gasteiger partial charge in [-0.1, -0.05) is 30.3 Å². The first-order chi connectivity index (χ1) is 7.18. The second kappa shape index (κ2) is 6.59. The lowest BCUT2D eigenvalue weighted by Gasteiger charge is -2.13. The van der Waals surface area contributed by atoms with Gasteiger partial charge in [0, 0.05) is 12.1 Å². The van der Waals surface area contributed by atoms with Crippen LogP contribution >= 0.6 is 0 Å². The lowest BCUT2D eigenvalue weighted by molar-refractivity contribution is 0.502. The Morgan fingerprint density at radius 1 is 1.13 bits per heavy atom. The van der Waals surface area contributed by atoms with Gasteiger partial charge in [0.15, 0.2) is 0 Å². The SMILES string of the molecule is C[C@@H](N)CC(N)CCCc1ccccc1. The molecule has 0 saturated carbocycles. The van der Waals surface area contributed by atoms with Crippen LogP contribution in [-0.2, 0) is 6.42 Å². The molecule has 1 unspecified atom stereocenters. The van der Waals surface area contributed by atoms with E-state index in [1.807, 2.05) is 13.0 Å². The van der Waals surface area contributed by atoms with Crippen molar-refractivity contribution in [2.75, 3.05) is 0 Å². The summed E-state index contributed by atoms with van der Waals surface area (Å²) in [4.78, 5) is 0. The Hall–Kier alpha value is -0.860. The third-order valence-corrected chi connectivity index (χ3v) is 2.56. The number of benzene rings is 1. The third-order valence-electron chi connectivity index (χ3n) is 2.56. The van der Waals surface area contributed by atoms with E-state index in [9.17, 15) is 0 Å². The minimum absolute atomic E-state index is 0.219. The van der Waals surface area contributed by atoms with Crippen molar-refractivity contribution in [1.29, 1.82) is 0 Å². The van der Waals surface area contributed by atoms with E-state index in [0.717, 1.165) is 25.7 Å². The summed E-state index contributed by atoms with van der Waals surface area (Å²) in [5, 5.41) is 0. The number of rotatable bonds is 6. The Labute approximate surface area is 92.7 Å². The quantitative estimate of drug-likeness (QED) is 0.748. The molecule has 0 aliphatic rings. The summed E-state index contributed by atoms with van der Waals surface area (Å²) < 4.78 is 0. The van der Waals surface area contributed by atoms with E-state index >= 15 is 0 Å². The molecule has 0 spiro atoms. The average molecular weight is 206 g/mol. The van der Waals surface area contributed by atoms with Crippen LogP contribution in [0.3, 0.4) is 0 Å². The molecule has 1 aromatic carbocycles. The van der Waals surface area contributed by atoms with Crippen molar-refractivity contribution >= 4 is 0 Å². The molecule has 0 saturated heterocycles. The van der Waals surface area contributed by atoms with Crippen molar-refractivity contribution in [2.24, 2.45) is 11.5 Å². The molecule has 1 rings (SSSR count). The highest BCUT2D eigenvalue weighted by Gasteiger charge is 2.05. The molecule has 0 radical (unpaired) electrons. The number of hydrogen-bond acceptors (Lipinski definition) is 2. The van der Waals surface area contributed by atoms with Gasteiger partial charge in [0.05, 0.1) is 0 Å². The molecule has 1 aromatic rings. The number of nitrogens with two attached hydrogens (primary N) is 2. The lowest BCUT2D eigenvalue weighted by Crippen LogP contribution is -2.29. The van der Waals surface area contributed by atoms with E-state index in [1.165, 1.54) is 5.56 Å². The van der Waals surface area contributed by atoms with Gasteiger partial charge in [-0.3, -0.25) is 0 Å². The monoisotopic (exact) mass is 206 g/mol. The van der Waals surface area contributed by atoms with Gasteiger partial charge in [-0.2, -0.15) is 0 Å². The highest BCUT2D eigenvalue weighted by Crippen LogP contribution is 2.07. The Kier molecular flexibility index (Phi) is 5.37. The fourth-order valence-corrected chi connectivity index (χ4v) is 1.81. The van der Waals surface area contributed by atoms with E-state index in [1.54, 1.807) is 0 Å². The van der Waals surface area contributed by atoms with E-state index in [-0.39, 0.29) is 12.1 Å². The van der Waals surface area contributed by atoms with Crippen LogP contribution in [0.15, 0.2) is 30.3 Å². The average Bonchev–Trinajstić information content (AvgIpc) is 2.18. The van der Waals surface area contributed by atoms with E-state index < -0.39 is 0 Å². The van der Waals surface area contributed by atoms with Crippen LogP contribution in [0.1, 0.15) is 31.7 Å². The molecular formula is C13H22N2. The van der Waals surface area contributed by atoms with Gasteiger partial charge in [-0.15, -0.1) is 0 Å². The third kappa shape index (κ3) is 5.55. The first kappa shape index (κ1) is 12.2. The molecule has 2 nitrogen and oxygen atoms in total. The maximum atomic E-state index is 5.96. The van der Waals surface area contributed by atoms with Gasteiger partial charge in [0.25, 0.3) is 0 Å². The van der Waals surface area contributed by atoms with Crippen molar-refractivity contribution in [3.05, 3.63) is 35.9 Å². The fourth-order valence-electron chi connectivity index (χ4n) is 1.81. The molecule has 2 atom stereocenters. The predicted octanol–water partition coefficient (Wildman–Crippen LogP) is 2.07. The maximum Gasteiger partial charge on any atom is 0.00535 e. The van der Waals surface area contributed by atoms with Crippen molar-refractivity contribution in [2.45, 2.75) is 44.7 Å². The zero-order chi connectivity index (χ0) is 11.1. The van der Waals surface area contributed by atoms with E-state index in [0.29, 0.717) is 0 Å². The summed E-state index contributed by atoms with van der Waals surface area (Å²) in [6.07, 6.45) is 4.26. The summed E-state index contributed by atoms with van der Waals surface area (Å²) >= 11 is 0. The van der Waals surface area contributed by atoms with Crippen LogP contribution in [-0.4, -0.2) is 12.1 Å². The zero-order valence-corrected chi connectivity index (χ0v) is 9.52. The largest absolute Gasteiger partial charge is 0.328 e. The predicted molar refractivity (Wildman–Crippen MR) is 65.6 cm³/mol. The van der Waals surface area contributed by atoms with Crippen molar-refractivity contribution in [1.82, 2.24) is 0 Å². The summed E-state index contributed by atoms with van der Waals surface area (Å²) in [6.45, 7) is 2.01. The molecule has 2 heteroatoms. The number of aryl methyl sites for hydroxylation is 1. The standard InChI is InChI=1S/C13H22N2/c1-11(14)10-13(15)9-5-8-12-6-3-2-4-7-12/h2-4,6-7,11,13H,5,8-10,14-15H2,1H3/t11-,13?/m1/s1. The summed E-state index contributed by atoms with van der Waals surface area (Å²) in [6, 6.07) is 11.0. The van der Waals surface area contributed by atoms with Gasteiger partial charge in [0.2, 0.25) is 0 Å². The molecule has 0 heterocycles. The van der Waals surface area contributed by atoms with E-state index in [2.05, 4.69) is 24.3 Å². The molecule has 4 N–H and O–H groups in total. The van der Waals surface area contributed by atoms with Crippen LogP contribution in [0.5, 0.6) is 0 Å².